The van der Waals surface area contributed by atoms with Crippen molar-refractivity contribution >= 4 is 8.60 Å². The van der Waals surface area contributed by atoms with Crippen LogP contribution in [0.5, 0.6) is 0 Å². The van der Waals surface area contributed by atoms with E-state index in [1.54, 1.807) is 0 Å². The zero-order chi connectivity index (χ0) is 7.70. The van der Waals surface area contributed by atoms with E-state index in [-0.39, 0.29) is 0 Å². The smallest absolute Gasteiger partial charge is 0.324 e. The normalized spacial score (nSPS) is 8.67. The van der Waals surface area contributed by atoms with Crippen molar-refractivity contribution in [3.8, 4) is 0 Å². The van der Waals surface area contributed by atoms with Gasteiger partial charge in [0.25, 0.3) is 0 Å². The Morgan fingerprint density at radius 3 is 1.33 bits per heavy atom. The van der Waals surface area contributed by atoms with Crippen LogP contribution in [0.25, 0.3) is 0 Å². The highest BCUT2D eigenvalue weighted by atomic mass is 31.2. The third kappa shape index (κ3) is 63.1. The first kappa shape index (κ1) is 12.0. The summed E-state index contributed by atoms with van der Waals surface area (Å²) >= 11 is 0. The highest BCUT2D eigenvalue weighted by Gasteiger charge is 1.76. The molecule has 0 aromatic rings. The lowest BCUT2D eigenvalue weighted by atomic mass is 10.7. The molecule has 0 aromatic heterocycles. The number of hydrogen-bond acceptors (Lipinski definition) is 4. The topological polar surface area (TPSA) is 72.7 Å². The van der Waals surface area contributed by atoms with Gasteiger partial charge in [0, 0.05) is 0 Å². The molecule has 0 atom stereocenters. The quantitative estimate of drug-likeness (QED) is 0.417. The molecule has 0 saturated carbocycles. The largest absolute Gasteiger partial charge is 0.328 e. The van der Waals surface area contributed by atoms with Gasteiger partial charge in [-0.3, -0.25) is 0 Å². The van der Waals surface area contributed by atoms with E-state index >= 15 is 0 Å². The van der Waals surface area contributed by atoms with Crippen molar-refractivity contribution in [3.05, 3.63) is 0 Å². The summed E-state index contributed by atoms with van der Waals surface area (Å²) in [7, 11) is -2.62. The first-order valence-electron chi connectivity index (χ1n) is 2.72. The second kappa shape index (κ2) is 11.1. The van der Waals surface area contributed by atoms with Gasteiger partial charge in [0.05, 0.1) is 0 Å². The molecular formula is C4H14NO3P. The summed E-state index contributed by atoms with van der Waals surface area (Å²) in [5, 5.41) is 3.11. The lowest BCUT2D eigenvalue weighted by Crippen LogP contribution is -2.09. The number of rotatable bonds is 2. The van der Waals surface area contributed by atoms with Crippen LogP contribution in [0, 0.1) is 0 Å². The average molecular weight is 155 g/mol. The maximum absolute atomic E-state index is 7.23. The van der Waals surface area contributed by atoms with Gasteiger partial charge in [0.1, 0.15) is 0 Å². The fourth-order valence-corrected chi connectivity index (χ4v) is 0.250. The Kier molecular flexibility index (Phi) is 14.8. The minimum Gasteiger partial charge on any atom is -0.328 e. The molecule has 0 saturated heterocycles. The van der Waals surface area contributed by atoms with Gasteiger partial charge in [-0.25, -0.2) is 0 Å². The standard InChI is InChI=1S/C4H11N.H3O3P/c1-3-5-4-2;1-4(2)3/h5H,3-4H2,1-2H3;1-3H. The van der Waals surface area contributed by atoms with Gasteiger partial charge in [0.2, 0.25) is 0 Å². The van der Waals surface area contributed by atoms with Crippen LogP contribution < -0.4 is 5.32 Å². The van der Waals surface area contributed by atoms with Crippen LogP contribution in [0.2, 0.25) is 0 Å². The van der Waals surface area contributed by atoms with Gasteiger partial charge in [0.15, 0.2) is 0 Å². The van der Waals surface area contributed by atoms with Gasteiger partial charge >= 0.3 is 8.60 Å². The predicted molar refractivity (Wildman–Crippen MR) is 37.8 cm³/mol. The molecule has 0 unspecified atom stereocenters. The Labute approximate surface area is 56.5 Å². The lowest BCUT2D eigenvalue weighted by Gasteiger charge is -1.86. The van der Waals surface area contributed by atoms with Gasteiger partial charge in [-0.15, -0.1) is 0 Å². The first-order valence-corrected chi connectivity index (χ1v) is 3.92. The van der Waals surface area contributed by atoms with Crippen molar-refractivity contribution < 1.29 is 14.7 Å². The van der Waals surface area contributed by atoms with E-state index in [1.807, 2.05) is 0 Å². The van der Waals surface area contributed by atoms with E-state index < -0.39 is 8.60 Å². The average Bonchev–Trinajstić information content (AvgIpc) is 1.66. The zero-order valence-electron chi connectivity index (χ0n) is 5.70. The molecule has 0 aromatic carbocycles. The van der Waals surface area contributed by atoms with Gasteiger partial charge in [-0.2, -0.15) is 0 Å². The summed E-state index contributed by atoms with van der Waals surface area (Å²) in [6.07, 6.45) is 0. The van der Waals surface area contributed by atoms with Crippen LogP contribution in [-0.4, -0.2) is 27.8 Å². The van der Waals surface area contributed by atoms with Crippen LogP contribution in [0.4, 0.5) is 0 Å². The molecule has 4 nitrogen and oxygen atoms in total. The molecule has 0 radical (unpaired) electrons. The maximum atomic E-state index is 7.23. The molecule has 0 fully saturated rings. The van der Waals surface area contributed by atoms with Crippen LogP contribution in [0.15, 0.2) is 0 Å². The Balaban J connectivity index is 0. The van der Waals surface area contributed by atoms with E-state index in [4.69, 9.17) is 14.7 Å². The minimum atomic E-state index is -2.62. The molecule has 0 bridgehead atoms. The maximum Gasteiger partial charge on any atom is 0.324 e. The van der Waals surface area contributed by atoms with Gasteiger partial charge in [-0.1, -0.05) is 13.8 Å². The van der Waals surface area contributed by atoms with E-state index in [2.05, 4.69) is 19.2 Å². The van der Waals surface area contributed by atoms with Gasteiger partial charge < -0.3 is 20.0 Å². The van der Waals surface area contributed by atoms with E-state index in [0.717, 1.165) is 13.1 Å². The minimum absolute atomic E-state index is 1.09. The van der Waals surface area contributed by atoms with E-state index in [9.17, 15) is 0 Å². The van der Waals surface area contributed by atoms with Crippen molar-refractivity contribution in [2.75, 3.05) is 13.1 Å². The summed E-state index contributed by atoms with van der Waals surface area (Å²) in [6, 6.07) is 0. The van der Waals surface area contributed by atoms with Crippen LogP contribution >= 0.6 is 8.60 Å². The Morgan fingerprint density at radius 2 is 1.33 bits per heavy atom. The molecule has 9 heavy (non-hydrogen) atoms. The number of hydrogen-bond donors (Lipinski definition) is 4. The van der Waals surface area contributed by atoms with Crippen LogP contribution in [-0.2, 0) is 0 Å². The Hall–Kier alpha value is 0.270. The van der Waals surface area contributed by atoms with Crippen molar-refractivity contribution in [2.45, 2.75) is 13.8 Å². The van der Waals surface area contributed by atoms with Crippen LogP contribution in [0.1, 0.15) is 13.8 Å². The zero-order valence-corrected chi connectivity index (χ0v) is 6.60. The summed E-state index contributed by atoms with van der Waals surface area (Å²) in [6.45, 7) is 6.39. The van der Waals surface area contributed by atoms with E-state index in [1.165, 1.54) is 0 Å². The molecule has 0 aliphatic carbocycles. The Bertz CT molecular complexity index is 40.0. The molecule has 5 heteroatoms. The molecule has 58 valence electrons. The monoisotopic (exact) mass is 155 g/mol. The fraction of sp³-hybridized carbons (Fsp3) is 1.00. The summed E-state index contributed by atoms with van der Waals surface area (Å²) in [5.74, 6) is 0. The lowest BCUT2D eigenvalue weighted by molar-refractivity contribution is 0.368. The van der Waals surface area contributed by atoms with Crippen molar-refractivity contribution in [2.24, 2.45) is 0 Å². The summed E-state index contributed by atoms with van der Waals surface area (Å²) < 4.78 is 0. The SMILES string of the molecule is CCNCC.OP(O)O. The Morgan fingerprint density at radius 1 is 1.11 bits per heavy atom. The summed E-state index contributed by atoms with van der Waals surface area (Å²) in [4.78, 5) is 21.7. The van der Waals surface area contributed by atoms with Crippen molar-refractivity contribution in [3.63, 3.8) is 0 Å². The van der Waals surface area contributed by atoms with Crippen molar-refractivity contribution in [1.82, 2.24) is 5.32 Å². The van der Waals surface area contributed by atoms with E-state index in [0.29, 0.717) is 0 Å². The second-order valence-corrected chi connectivity index (χ2v) is 1.76. The molecular weight excluding hydrogens is 141 g/mol. The number of nitrogens with one attached hydrogen (secondary N) is 1. The summed E-state index contributed by atoms with van der Waals surface area (Å²) in [5.41, 5.74) is 0. The third-order valence-electron chi connectivity index (χ3n) is 0.500. The molecule has 0 amide bonds. The predicted octanol–water partition coefficient (Wildman–Crippen LogP) is -0.194. The molecule has 0 heterocycles. The highest BCUT2D eigenvalue weighted by molar-refractivity contribution is 7.38. The van der Waals surface area contributed by atoms with Gasteiger partial charge in [-0.05, 0) is 13.1 Å². The molecule has 0 aliphatic rings. The van der Waals surface area contributed by atoms with Crippen LogP contribution in [0.3, 0.4) is 0 Å². The fourth-order valence-electron chi connectivity index (χ4n) is 0.250. The second-order valence-electron chi connectivity index (χ2n) is 1.23. The molecule has 0 rings (SSSR count). The molecule has 4 N–H and O–H groups in total. The molecule has 0 aliphatic heterocycles. The third-order valence-corrected chi connectivity index (χ3v) is 0.500. The molecule has 0 spiro atoms. The van der Waals surface area contributed by atoms with Crippen molar-refractivity contribution in [1.29, 1.82) is 0 Å². The first-order chi connectivity index (χ1) is 4.15. The highest BCUT2D eigenvalue weighted by Crippen LogP contribution is 2.11.